The summed E-state index contributed by atoms with van der Waals surface area (Å²) in [6.07, 6.45) is -10.1. The molecule has 0 aliphatic carbocycles. The van der Waals surface area contributed by atoms with Gasteiger partial charge >= 0.3 is 6.18 Å². The minimum atomic E-state index is -5.33. The molecule has 2 nitrogen and oxygen atoms in total. The average Bonchev–Trinajstić information content (AvgIpc) is 2.69. The molecule has 2 aromatic rings. The number of benzene rings is 2. The second kappa shape index (κ2) is 7.31. The van der Waals surface area contributed by atoms with Crippen LogP contribution in [0.1, 0.15) is 44.2 Å². The lowest BCUT2D eigenvalue weighted by atomic mass is 10.1. The van der Waals surface area contributed by atoms with Crippen LogP contribution in [0.25, 0.3) is 0 Å². The monoisotopic (exact) mass is 324 g/mol. The van der Waals surface area contributed by atoms with Crippen LogP contribution in [0.2, 0.25) is 0 Å². The van der Waals surface area contributed by atoms with Gasteiger partial charge in [0.15, 0.2) is 0 Å². The van der Waals surface area contributed by atoms with E-state index in [-0.39, 0.29) is 0 Å². The predicted octanol–water partition coefficient (Wildman–Crippen LogP) is 4.44. The van der Waals surface area contributed by atoms with Gasteiger partial charge in [0.25, 0.3) is 0 Å². The highest BCUT2D eigenvalue weighted by Crippen LogP contribution is 2.31. The van der Waals surface area contributed by atoms with Crippen molar-refractivity contribution >= 4 is 0 Å². The summed E-state index contributed by atoms with van der Waals surface area (Å²) in [6, 6.07) is -11.4. The standard InChI is InChI=1S/C17H18F3NO/c1-21-12-11-16(13-5-3-2-4-6-13)22-15-9-7-14(8-10-15)17(18,19)20/h2-10,16,21H,11-12H2,1H3/i1D3,2D,3D,4D,5D,6D,7D,8D,9D,10D,12D2,16D. The molecule has 0 fully saturated rings. The van der Waals surface area contributed by atoms with Crippen LogP contribution in [0.15, 0.2) is 54.4 Å². The van der Waals surface area contributed by atoms with Gasteiger partial charge in [-0.05, 0) is 43.2 Å². The van der Waals surface area contributed by atoms with Crippen LogP contribution >= 0.6 is 0 Å². The second-order valence-corrected chi connectivity index (χ2v) is 3.71. The Labute approximate surface area is 149 Å². The van der Waals surface area contributed by atoms with Gasteiger partial charge in [0.2, 0.25) is 0 Å². The fraction of sp³-hybridized carbons (Fsp3) is 0.294. The van der Waals surface area contributed by atoms with Crippen LogP contribution in [0.5, 0.6) is 5.75 Å². The van der Waals surface area contributed by atoms with Gasteiger partial charge in [-0.3, -0.25) is 0 Å². The largest absolute Gasteiger partial charge is 0.486 e. The number of nitrogens with one attached hydrogen (secondary N) is 1. The third kappa shape index (κ3) is 4.49. The van der Waals surface area contributed by atoms with Crippen molar-refractivity contribution in [3.63, 3.8) is 0 Å². The first-order valence-electron chi connectivity index (χ1n) is 13.2. The van der Waals surface area contributed by atoms with Crippen LogP contribution in [-0.4, -0.2) is 13.5 Å². The van der Waals surface area contributed by atoms with E-state index in [1.165, 1.54) is 5.32 Å². The Morgan fingerprint density at radius 1 is 1.23 bits per heavy atom. The lowest BCUT2D eigenvalue weighted by Gasteiger charge is -2.20. The highest BCUT2D eigenvalue weighted by Gasteiger charge is 2.30. The van der Waals surface area contributed by atoms with Crippen molar-refractivity contribution in [1.29, 1.82) is 0 Å². The Morgan fingerprint density at radius 3 is 2.50 bits per heavy atom. The van der Waals surface area contributed by atoms with Gasteiger partial charge in [-0.2, -0.15) is 13.2 Å². The molecule has 0 aromatic heterocycles. The maximum absolute atomic E-state index is 13.3. The van der Waals surface area contributed by atoms with E-state index in [1.54, 1.807) is 0 Å². The average molecular weight is 324 g/mol. The minimum absolute atomic E-state index is 0.927. The molecule has 0 amide bonds. The predicted molar refractivity (Wildman–Crippen MR) is 79.8 cm³/mol. The summed E-state index contributed by atoms with van der Waals surface area (Å²) < 4.78 is 162. The molecular weight excluding hydrogens is 291 g/mol. The topological polar surface area (TPSA) is 21.3 Å². The summed E-state index contributed by atoms with van der Waals surface area (Å²) in [6.45, 7) is -6.29. The van der Waals surface area contributed by atoms with Gasteiger partial charge in [-0.1, -0.05) is 30.2 Å². The molecule has 1 atom stereocenters. The lowest BCUT2D eigenvalue weighted by molar-refractivity contribution is -0.137. The molecular formula is C17H18F3NO. The quantitative estimate of drug-likeness (QED) is 0.848. The first-order valence-corrected chi connectivity index (χ1v) is 5.68. The maximum Gasteiger partial charge on any atom is 0.416 e. The van der Waals surface area contributed by atoms with Crippen LogP contribution < -0.4 is 10.1 Å². The molecule has 1 unspecified atom stereocenters. The van der Waals surface area contributed by atoms with Crippen LogP contribution in [0, 0.1) is 0 Å². The van der Waals surface area contributed by atoms with Crippen LogP contribution in [-0.2, 0) is 6.18 Å². The Kier molecular flexibility index (Phi) is 1.85. The molecule has 0 spiro atoms. The number of hydrogen-bond acceptors (Lipinski definition) is 2. The van der Waals surface area contributed by atoms with Crippen molar-refractivity contribution < 1.29 is 38.5 Å². The Balaban J connectivity index is 2.91. The number of halogens is 3. The summed E-state index contributed by atoms with van der Waals surface area (Å²) >= 11 is 0. The van der Waals surface area contributed by atoms with Crippen molar-refractivity contribution in [3.8, 4) is 5.75 Å². The van der Waals surface area contributed by atoms with Gasteiger partial charge in [-0.15, -0.1) is 0 Å². The highest BCUT2D eigenvalue weighted by molar-refractivity contribution is 5.30. The van der Waals surface area contributed by atoms with E-state index in [4.69, 9.17) is 25.3 Å². The zero-order chi connectivity index (χ0) is 29.0. The molecule has 0 saturated heterocycles. The number of alkyl halides is 3. The van der Waals surface area contributed by atoms with Crippen molar-refractivity contribution in [1.82, 2.24) is 5.32 Å². The van der Waals surface area contributed by atoms with Crippen molar-refractivity contribution in [2.24, 2.45) is 0 Å². The first-order chi connectivity index (χ1) is 16.4. The lowest BCUT2D eigenvalue weighted by Crippen LogP contribution is -2.16. The number of rotatable bonds is 6. The molecule has 2 rings (SSSR count). The molecule has 2 aromatic carbocycles. The normalized spacial score (nSPS) is 25.3. The minimum Gasteiger partial charge on any atom is -0.486 e. The van der Waals surface area contributed by atoms with Crippen molar-refractivity contribution in [3.05, 3.63) is 65.5 Å². The van der Waals surface area contributed by atoms with Gasteiger partial charge < -0.3 is 10.1 Å². The number of ether oxygens (including phenoxy) is 1. The Morgan fingerprint density at radius 2 is 1.91 bits per heavy atom. The molecule has 118 valence electrons. The second-order valence-electron chi connectivity index (χ2n) is 3.71. The molecule has 0 aliphatic heterocycles. The molecule has 0 heterocycles. The van der Waals surface area contributed by atoms with Gasteiger partial charge in [0.05, 0.1) is 19.3 Å². The maximum atomic E-state index is 13.3. The van der Waals surface area contributed by atoms with Gasteiger partial charge in [0.1, 0.15) is 11.8 Å². The SMILES string of the molecule is [2H]c1c([2H])c([2H])c(C([2H])(CC([2H])([2H])NC([2H])([2H])[2H])Oc2c([2H])c([2H])c(C(F)(F)F)c([2H])c2[2H])c([2H])c1[2H]. The third-order valence-corrected chi connectivity index (χ3v) is 2.23. The van der Waals surface area contributed by atoms with Gasteiger partial charge in [0, 0.05) is 13.3 Å². The fourth-order valence-electron chi connectivity index (χ4n) is 1.31. The zero-order valence-corrected chi connectivity index (χ0v) is 10.7. The summed E-state index contributed by atoms with van der Waals surface area (Å²) in [7, 11) is 0. The Hall–Kier alpha value is -2.01. The van der Waals surface area contributed by atoms with E-state index in [2.05, 4.69) is 0 Å². The summed E-state index contributed by atoms with van der Waals surface area (Å²) in [5.41, 5.74) is -3.06. The van der Waals surface area contributed by atoms with E-state index in [9.17, 15) is 13.2 Å². The summed E-state index contributed by atoms with van der Waals surface area (Å²) in [5.74, 6) is -1.32. The molecule has 1 N–H and O–H groups in total. The molecule has 0 bridgehead atoms. The molecule has 0 radical (unpaired) electrons. The first kappa shape index (κ1) is 5.57. The van der Waals surface area contributed by atoms with E-state index in [0.717, 1.165) is 0 Å². The van der Waals surface area contributed by atoms with Crippen LogP contribution in [0.3, 0.4) is 0 Å². The number of hydrogen-bond donors (Lipinski definition) is 1. The van der Waals surface area contributed by atoms with E-state index in [1.807, 2.05) is 0 Å². The van der Waals surface area contributed by atoms with Gasteiger partial charge in [-0.25, -0.2) is 0 Å². The summed E-state index contributed by atoms with van der Waals surface area (Å²) in [4.78, 5) is 0. The van der Waals surface area contributed by atoms with E-state index in [0.29, 0.717) is 0 Å². The molecule has 22 heavy (non-hydrogen) atoms. The fourth-order valence-corrected chi connectivity index (χ4v) is 1.31. The Bertz CT molecular complexity index is 1170. The molecule has 0 saturated carbocycles. The zero-order valence-electron chi connectivity index (χ0n) is 25.7. The van der Waals surface area contributed by atoms with E-state index < -0.39 is 103 Å². The van der Waals surface area contributed by atoms with Crippen LogP contribution in [0.4, 0.5) is 13.2 Å². The van der Waals surface area contributed by atoms with E-state index >= 15 is 0 Å². The summed E-state index contributed by atoms with van der Waals surface area (Å²) in [5, 5.41) is 1.53. The van der Waals surface area contributed by atoms with Crippen molar-refractivity contribution in [2.75, 3.05) is 13.5 Å². The van der Waals surface area contributed by atoms with Crippen molar-refractivity contribution in [2.45, 2.75) is 18.7 Å². The third-order valence-electron chi connectivity index (χ3n) is 2.23. The molecule has 0 aliphatic rings. The smallest absolute Gasteiger partial charge is 0.416 e. The highest BCUT2D eigenvalue weighted by atomic mass is 19.4. The molecule has 5 heteroatoms.